The van der Waals surface area contributed by atoms with Crippen molar-refractivity contribution >= 4 is 29.3 Å². The van der Waals surface area contributed by atoms with Crippen LogP contribution in [-0.4, -0.2) is 39.6 Å². The Morgan fingerprint density at radius 1 is 1.12 bits per heavy atom. The number of hydrogen-bond donors (Lipinski definition) is 2. The van der Waals surface area contributed by atoms with Gasteiger partial charge in [-0.05, 0) is 41.3 Å². The molecule has 0 spiro atoms. The molecule has 1 aromatic heterocycles. The van der Waals surface area contributed by atoms with Gasteiger partial charge < -0.3 is 20.6 Å². The van der Waals surface area contributed by atoms with E-state index >= 15 is 0 Å². The van der Waals surface area contributed by atoms with Gasteiger partial charge in [0.15, 0.2) is 5.82 Å². The van der Waals surface area contributed by atoms with Crippen molar-refractivity contribution in [3.8, 4) is 5.75 Å². The lowest BCUT2D eigenvalue weighted by Gasteiger charge is -2.19. The molecule has 0 bridgehead atoms. The monoisotopic (exact) mass is 469 g/mol. The third-order valence-electron chi connectivity index (χ3n) is 4.72. The van der Waals surface area contributed by atoms with Gasteiger partial charge in [-0.3, -0.25) is 4.79 Å². The summed E-state index contributed by atoms with van der Waals surface area (Å²) in [6, 6.07) is 14.4. The van der Waals surface area contributed by atoms with Crippen LogP contribution in [0.15, 0.2) is 53.7 Å². The number of nitrogens with zero attached hydrogens (tertiary/aromatic N) is 3. The van der Waals surface area contributed by atoms with E-state index in [9.17, 15) is 9.59 Å². The molecule has 2 aromatic carbocycles. The average molecular weight is 470 g/mol. The minimum absolute atomic E-state index is 0.0624. The number of nitrogens with one attached hydrogen (secondary N) is 1. The van der Waals surface area contributed by atoms with Crippen LogP contribution in [0.1, 0.15) is 42.5 Å². The van der Waals surface area contributed by atoms with Crippen molar-refractivity contribution < 1.29 is 19.1 Å². The van der Waals surface area contributed by atoms with E-state index in [2.05, 4.69) is 41.0 Å². The summed E-state index contributed by atoms with van der Waals surface area (Å²) >= 11 is 1.14. The Hall–Kier alpha value is -3.53. The largest absolute Gasteiger partial charge is 0.486 e. The predicted molar refractivity (Wildman–Crippen MR) is 127 cm³/mol. The van der Waals surface area contributed by atoms with Crippen molar-refractivity contribution in [3.05, 3.63) is 65.5 Å². The molecule has 0 atom stereocenters. The number of thioether (sulfide) groups is 1. The van der Waals surface area contributed by atoms with Crippen LogP contribution in [0, 0.1) is 0 Å². The van der Waals surface area contributed by atoms with Crippen LogP contribution in [0.4, 0.5) is 5.69 Å². The molecule has 0 fully saturated rings. The lowest BCUT2D eigenvalue weighted by molar-refractivity contribution is -0.113. The SMILES string of the molecule is COC(=O)c1cccc(NC(=O)CSc2nnc(COc3ccc(C(C)(C)C)cc3)n2N)c1. The van der Waals surface area contributed by atoms with Crippen LogP contribution in [0.25, 0.3) is 0 Å². The van der Waals surface area contributed by atoms with Gasteiger partial charge in [0.05, 0.1) is 18.4 Å². The molecular weight excluding hydrogens is 442 g/mol. The molecule has 0 saturated heterocycles. The first-order chi connectivity index (χ1) is 15.7. The molecule has 9 nitrogen and oxygen atoms in total. The molecule has 3 aromatic rings. The second-order valence-corrected chi connectivity index (χ2v) is 9.18. The van der Waals surface area contributed by atoms with Crippen molar-refractivity contribution in [2.45, 2.75) is 37.9 Å². The molecular formula is C23H27N5O4S. The number of carbonyl (C=O) groups excluding carboxylic acids is 2. The topological polar surface area (TPSA) is 121 Å². The number of nitrogen functional groups attached to an aromatic ring is 1. The lowest BCUT2D eigenvalue weighted by atomic mass is 9.87. The Morgan fingerprint density at radius 3 is 2.52 bits per heavy atom. The van der Waals surface area contributed by atoms with Gasteiger partial charge in [0, 0.05) is 5.69 Å². The molecule has 1 heterocycles. The maximum atomic E-state index is 12.3. The van der Waals surface area contributed by atoms with E-state index in [0.717, 1.165) is 11.8 Å². The number of benzene rings is 2. The highest BCUT2D eigenvalue weighted by atomic mass is 32.2. The molecule has 0 aliphatic heterocycles. The Balaban J connectivity index is 1.52. The van der Waals surface area contributed by atoms with E-state index in [1.165, 1.54) is 17.3 Å². The Bertz CT molecular complexity index is 1120. The van der Waals surface area contributed by atoms with Crippen molar-refractivity contribution in [1.82, 2.24) is 14.9 Å². The standard InChI is InChI=1S/C23H27N5O4S/c1-23(2,3)16-8-10-18(11-9-16)32-13-19-26-27-22(28(19)24)33-14-20(29)25-17-7-5-6-15(12-17)21(30)31-4/h5-12H,13-14,24H2,1-4H3,(H,25,29). The van der Waals surface area contributed by atoms with Gasteiger partial charge in [-0.1, -0.05) is 50.7 Å². The molecule has 0 unspecified atom stereocenters. The number of amides is 1. The first kappa shape index (κ1) is 24.1. The second kappa shape index (κ2) is 10.4. The summed E-state index contributed by atoms with van der Waals surface area (Å²) in [5.74, 6) is 6.51. The Morgan fingerprint density at radius 2 is 1.85 bits per heavy atom. The van der Waals surface area contributed by atoms with Crippen molar-refractivity contribution in [2.75, 3.05) is 24.0 Å². The molecule has 0 aliphatic carbocycles. The minimum atomic E-state index is -0.475. The van der Waals surface area contributed by atoms with Gasteiger partial charge in [-0.15, -0.1) is 10.2 Å². The number of aromatic nitrogens is 3. The van der Waals surface area contributed by atoms with Gasteiger partial charge in [-0.2, -0.15) is 0 Å². The number of ether oxygens (including phenoxy) is 2. The fourth-order valence-corrected chi connectivity index (χ4v) is 3.55. The summed E-state index contributed by atoms with van der Waals surface area (Å²) < 4.78 is 11.8. The Labute approximate surface area is 196 Å². The highest BCUT2D eigenvalue weighted by molar-refractivity contribution is 7.99. The minimum Gasteiger partial charge on any atom is -0.486 e. The molecule has 3 rings (SSSR count). The number of esters is 1. The third-order valence-corrected chi connectivity index (χ3v) is 5.67. The molecule has 1 amide bonds. The molecule has 10 heteroatoms. The van der Waals surface area contributed by atoms with Crippen LogP contribution in [0.2, 0.25) is 0 Å². The third kappa shape index (κ3) is 6.48. The van der Waals surface area contributed by atoms with Crippen molar-refractivity contribution in [2.24, 2.45) is 0 Å². The fourth-order valence-electron chi connectivity index (χ4n) is 2.87. The zero-order chi connectivity index (χ0) is 24.0. The summed E-state index contributed by atoms with van der Waals surface area (Å²) in [6.07, 6.45) is 0. The van der Waals surface area contributed by atoms with E-state index in [0.29, 0.717) is 28.0 Å². The van der Waals surface area contributed by atoms with Crippen LogP contribution >= 0.6 is 11.8 Å². The van der Waals surface area contributed by atoms with E-state index in [1.807, 2.05) is 24.3 Å². The van der Waals surface area contributed by atoms with Gasteiger partial charge in [0.25, 0.3) is 0 Å². The number of carbonyl (C=O) groups is 2. The fraction of sp³-hybridized carbons (Fsp3) is 0.304. The van der Waals surface area contributed by atoms with E-state index in [4.69, 9.17) is 10.6 Å². The van der Waals surface area contributed by atoms with Crippen LogP contribution in [0.3, 0.4) is 0 Å². The maximum Gasteiger partial charge on any atom is 0.337 e. The molecule has 3 N–H and O–H groups in total. The number of hydrogen-bond acceptors (Lipinski definition) is 8. The van der Waals surface area contributed by atoms with Crippen LogP contribution in [0.5, 0.6) is 5.75 Å². The van der Waals surface area contributed by atoms with E-state index in [-0.39, 0.29) is 23.7 Å². The first-order valence-corrected chi connectivity index (χ1v) is 11.2. The first-order valence-electron chi connectivity index (χ1n) is 10.2. The van der Waals surface area contributed by atoms with Crippen molar-refractivity contribution in [3.63, 3.8) is 0 Å². The molecule has 174 valence electrons. The Kier molecular flexibility index (Phi) is 7.59. The average Bonchev–Trinajstić information content (AvgIpc) is 3.15. The van der Waals surface area contributed by atoms with Gasteiger partial charge in [0.1, 0.15) is 12.4 Å². The van der Waals surface area contributed by atoms with E-state index < -0.39 is 5.97 Å². The number of methoxy groups -OCH3 is 1. The zero-order valence-electron chi connectivity index (χ0n) is 19.0. The molecule has 33 heavy (non-hydrogen) atoms. The maximum absolute atomic E-state index is 12.3. The summed E-state index contributed by atoms with van der Waals surface area (Å²) in [5, 5.41) is 11.2. The smallest absolute Gasteiger partial charge is 0.337 e. The highest BCUT2D eigenvalue weighted by Gasteiger charge is 2.15. The second-order valence-electron chi connectivity index (χ2n) is 8.24. The molecule has 0 saturated carbocycles. The van der Waals surface area contributed by atoms with Crippen LogP contribution < -0.4 is 15.9 Å². The summed E-state index contributed by atoms with van der Waals surface area (Å²) in [4.78, 5) is 23.9. The van der Waals surface area contributed by atoms with Gasteiger partial charge in [-0.25, -0.2) is 9.47 Å². The lowest BCUT2D eigenvalue weighted by Crippen LogP contribution is -2.18. The summed E-state index contributed by atoms with van der Waals surface area (Å²) in [6.45, 7) is 6.60. The number of rotatable bonds is 8. The summed E-state index contributed by atoms with van der Waals surface area (Å²) in [7, 11) is 1.30. The van der Waals surface area contributed by atoms with Gasteiger partial charge in [0.2, 0.25) is 11.1 Å². The molecule has 0 radical (unpaired) electrons. The quantitative estimate of drug-likeness (QED) is 0.293. The number of anilines is 1. The zero-order valence-corrected chi connectivity index (χ0v) is 19.8. The van der Waals surface area contributed by atoms with Crippen LogP contribution in [-0.2, 0) is 21.6 Å². The molecule has 0 aliphatic rings. The summed E-state index contributed by atoms with van der Waals surface area (Å²) in [5.41, 5.74) is 2.12. The predicted octanol–water partition coefficient (Wildman–Crippen LogP) is 3.39. The highest BCUT2D eigenvalue weighted by Crippen LogP contribution is 2.24. The van der Waals surface area contributed by atoms with E-state index in [1.54, 1.807) is 24.3 Å². The van der Waals surface area contributed by atoms with Gasteiger partial charge >= 0.3 is 5.97 Å². The van der Waals surface area contributed by atoms with Crippen molar-refractivity contribution in [1.29, 1.82) is 0 Å². The number of nitrogens with two attached hydrogens (primary N) is 1. The normalized spacial score (nSPS) is 11.2.